The van der Waals surface area contributed by atoms with Crippen molar-refractivity contribution in [1.29, 1.82) is 0 Å². The number of nitrogens with zero attached hydrogens (tertiary/aromatic N) is 3. The van der Waals surface area contributed by atoms with E-state index in [1.165, 1.54) is 53.3 Å². The predicted octanol–water partition coefficient (Wildman–Crippen LogP) is 2.81. The summed E-state index contributed by atoms with van der Waals surface area (Å²) in [5.74, 6) is 0.181. The summed E-state index contributed by atoms with van der Waals surface area (Å²) in [5.41, 5.74) is 2.63. The first-order valence-electron chi connectivity index (χ1n) is 10.0. The molecule has 0 unspecified atom stereocenters. The third-order valence-corrected chi connectivity index (χ3v) is 7.56. The molecule has 0 radical (unpaired) electrons. The lowest BCUT2D eigenvalue weighted by Crippen LogP contribution is -3.14. The normalized spacial score (nSPS) is 19.1. The van der Waals surface area contributed by atoms with Gasteiger partial charge in [-0.15, -0.1) is 11.3 Å². The molecule has 27 heavy (non-hydrogen) atoms. The Morgan fingerprint density at radius 3 is 2.56 bits per heavy atom. The van der Waals surface area contributed by atoms with E-state index in [2.05, 4.69) is 23.0 Å². The number of thiophene rings is 1. The van der Waals surface area contributed by atoms with Gasteiger partial charge in [-0.1, -0.05) is 18.9 Å². The second-order valence-corrected chi connectivity index (χ2v) is 9.18. The largest absolute Gasteiger partial charge is 0.327 e. The Balaban J connectivity index is 1.43. The summed E-state index contributed by atoms with van der Waals surface area (Å²) in [7, 11) is 0. The zero-order valence-corrected chi connectivity index (χ0v) is 17.9. The Morgan fingerprint density at radius 1 is 1.22 bits per heavy atom. The second-order valence-electron chi connectivity index (χ2n) is 7.87. The summed E-state index contributed by atoms with van der Waals surface area (Å²) >= 11 is 7.40. The van der Waals surface area contributed by atoms with Crippen LogP contribution in [0.25, 0.3) is 0 Å². The van der Waals surface area contributed by atoms with Gasteiger partial charge < -0.3 is 14.4 Å². The van der Waals surface area contributed by atoms with E-state index in [9.17, 15) is 4.79 Å². The van der Waals surface area contributed by atoms with Crippen molar-refractivity contribution in [3.05, 3.63) is 38.5 Å². The maximum absolute atomic E-state index is 12.5. The van der Waals surface area contributed by atoms with E-state index in [1.807, 2.05) is 22.4 Å². The van der Waals surface area contributed by atoms with Gasteiger partial charge >= 0.3 is 0 Å². The van der Waals surface area contributed by atoms with Crippen LogP contribution in [0, 0.1) is 18.6 Å². The lowest BCUT2D eigenvalue weighted by Gasteiger charge is -2.32. The quantitative estimate of drug-likeness (QED) is 0.794. The molecule has 1 aliphatic heterocycles. The average molecular weight is 406 g/mol. The Labute approximate surface area is 170 Å². The zero-order chi connectivity index (χ0) is 19.0. The minimum atomic E-state index is 0.181. The van der Waals surface area contributed by atoms with Crippen LogP contribution in [0.4, 0.5) is 0 Å². The van der Waals surface area contributed by atoms with E-state index in [4.69, 9.17) is 12.2 Å². The molecule has 0 aromatic carbocycles. The number of carbonyl (C=O) groups is 1. The molecule has 2 aromatic rings. The van der Waals surface area contributed by atoms with Gasteiger partial charge in [0.15, 0.2) is 11.4 Å². The van der Waals surface area contributed by atoms with E-state index in [0.29, 0.717) is 6.04 Å². The van der Waals surface area contributed by atoms with Crippen LogP contribution in [0.5, 0.6) is 0 Å². The SMILES string of the molecule is Cc1c(C)n(C2CCCC2)c(=S)n1C[NH+]1CCN(C(=O)c2cccs2)CC1. The van der Waals surface area contributed by atoms with Crippen LogP contribution < -0.4 is 4.90 Å². The molecule has 3 heterocycles. The molecule has 2 aromatic heterocycles. The summed E-state index contributed by atoms with van der Waals surface area (Å²) < 4.78 is 5.73. The monoisotopic (exact) mass is 405 g/mol. The van der Waals surface area contributed by atoms with Crippen molar-refractivity contribution in [2.75, 3.05) is 26.2 Å². The zero-order valence-electron chi connectivity index (χ0n) is 16.2. The maximum Gasteiger partial charge on any atom is 0.264 e. The lowest BCUT2D eigenvalue weighted by molar-refractivity contribution is -0.926. The van der Waals surface area contributed by atoms with E-state index in [0.717, 1.165) is 42.5 Å². The van der Waals surface area contributed by atoms with Crippen molar-refractivity contribution in [2.45, 2.75) is 52.2 Å². The Bertz CT molecular complexity index is 853. The van der Waals surface area contributed by atoms with Crippen LogP contribution in [0.1, 0.15) is 52.8 Å². The molecule has 1 N–H and O–H groups in total. The highest BCUT2D eigenvalue weighted by molar-refractivity contribution is 7.71. The van der Waals surface area contributed by atoms with E-state index >= 15 is 0 Å². The van der Waals surface area contributed by atoms with E-state index < -0.39 is 0 Å². The fraction of sp³-hybridized carbons (Fsp3) is 0.600. The molecular formula is C20H29N4OS2+. The number of rotatable bonds is 4. The van der Waals surface area contributed by atoms with E-state index in [-0.39, 0.29) is 5.91 Å². The van der Waals surface area contributed by atoms with Crippen LogP contribution >= 0.6 is 23.6 Å². The smallest absolute Gasteiger partial charge is 0.264 e. The van der Waals surface area contributed by atoms with Gasteiger partial charge in [0.25, 0.3) is 5.91 Å². The molecule has 1 saturated carbocycles. The van der Waals surface area contributed by atoms with Gasteiger partial charge in [0, 0.05) is 17.4 Å². The van der Waals surface area contributed by atoms with Crippen LogP contribution in [-0.2, 0) is 6.67 Å². The van der Waals surface area contributed by atoms with Gasteiger partial charge in [-0.05, 0) is 50.4 Å². The molecule has 2 fully saturated rings. The number of aromatic nitrogens is 2. The molecule has 5 nitrogen and oxygen atoms in total. The number of imidazole rings is 1. The van der Waals surface area contributed by atoms with Crippen LogP contribution in [0.15, 0.2) is 17.5 Å². The summed E-state index contributed by atoms with van der Waals surface area (Å²) in [6.45, 7) is 8.92. The Kier molecular flexibility index (Phi) is 5.53. The molecule has 0 spiro atoms. The topological polar surface area (TPSA) is 34.6 Å². The Hall–Kier alpha value is -1.44. The molecule has 0 atom stereocenters. The maximum atomic E-state index is 12.5. The molecule has 146 valence electrons. The van der Waals surface area contributed by atoms with Crippen molar-refractivity contribution in [3.8, 4) is 0 Å². The highest BCUT2D eigenvalue weighted by atomic mass is 32.1. The van der Waals surface area contributed by atoms with E-state index in [1.54, 1.807) is 0 Å². The first-order valence-corrected chi connectivity index (χ1v) is 11.3. The third-order valence-electron chi connectivity index (χ3n) is 6.29. The number of nitrogens with one attached hydrogen (secondary N) is 1. The minimum absolute atomic E-state index is 0.181. The summed E-state index contributed by atoms with van der Waals surface area (Å²) in [4.78, 5) is 16.9. The van der Waals surface area contributed by atoms with Crippen LogP contribution in [0.2, 0.25) is 0 Å². The highest BCUT2D eigenvalue weighted by Gasteiger charge is 2.27. The first-order chi connectivity index (χ1) is 13.1. The van der Waals surface area contributed by atoms with Gasteiger partial charge in [0.05, 0.1) is 31.1 Å². The van der Waals surface area contributed by atoms with Gasteiger partial charge in [0.1, 0.15) is 0 Å². The molecule has 7 heteroatoms. The second kappa shape index (κ2) is 7.89. The number of carbonyl (C=O) groups excluding carboxylic acids is 1. The van der Waals surface area contributed by atoms with Gasteiger partial charge in [-0.2, -0.15) is 0 Å². The highest BCUT2D eigenvalue weighted by Crippen LogP contribution is 2.32. The van der Waals surface area contributed by atoms with Crippen molar-refractivity contribution in [1.82, 2.24) is 14.0 Å². The summed E-state index contributed by atoms with van der Waals surface area (Å²) in [6, 6.07) is 4.46. The summed E-state index contributed by atoms with van der Waals surface area (Å²) in [5, 5.41) is 1.97. The predicted molar refractivity (Wildman–Crippen MR) is 111 cm³/mol. The third kappa shape index (κ3) is 3.65. The van der Waals surface area contributed by atoms with Crippen molar-refractivity contribution in [3.63, 3.8) is 0 Å². The van der Waals surface area contributed by atoms with Crippen molar-refractivity contribution >= 4 is 29.5 Å². The first kappa shape index (κ1) is 18.9. The van der Waals surface area contributed by atoms with Crippen LogP contribution in [-0.4, -0.2) is 46.1 Å². The molecular weight excluding hydrogens is 376 g/mol. The lowest BCUT2D eigenvalue weighted by atomic mass is 10.2. The molecule has 1 saturated heterocycles. The molecule has 0 bridgehead atoms. The number of hydrogen-bond donors (Lipinski definition) is 1. The minimum Gasteiger partial charge on any atom is -0.327 e. The molecule has 2 aliphatic rings. The van der Waals surface area contributed by atoms with Gasteiger partial charge in [-0.25, -0.2) is 0 Å². The number of piperazine rings is 1. The number of hydrogen-bond acceptors (Lipinski definition) is 3. The fourth-order valence-electron chi connectivity index (χ4n) is 4.53. The van der Waals surface area contributed by atoms with Gasteiger partial charge in [-0.3, -0.25) is 9.36 Å². The standard InChI is InChI=1S/C20H28N4OS2/c1-15-16(2)24(17-6-3-4-7-17)20(26)23(15)14-21-9-11-22(12-10-21)19(25)18-8-5-13-27-18/h5,8,13,17H,3-4,6-7,9-12,14H2,1-2H3/p+1. The van der Waals surface area contributed by atoms with Crippen molar-refractivity contribution in [2.24, 2.45) is 0 Å². The summed E-state index contributed by atoms with van der Waals surface area (Å²) in [6.07, 6.45) is 5.16. The molecule has 4 rings (SSSR count). The van der Waals surface area contributed by atoms with Crippen molar-refractivity contribution < 1.29 is 9.69 Å². The average Bonchev–Trinajstić information content (AvgIpc) is 3.42. The Morgan fingerprint density at radius 2 is 1.93 bits per heavy atom. The fourth-order valence-corrected chi connectivity index (χ4v) is 5.71. The molecule has 1 aliphatic carbocycles. The van der Waals surface area contributed by atoms with Gasteiger partial charge in [0.2, 0.25) is 0 Å². The van der Waals surface area contributed by atoms with Crippen LogP contribution in [0.3, 0.4) is 0 Å². The number of quaternary nitrogens is 1. The molecule has 1 amide bonds. The number of amides is 1.